The van der Waals surface area contributed by atoms with Gasteiger partial charge in [-0.25, -0.2) is 9.37 Å². The Bertz CT molecular complexity index is 654. The van der Waals surface area contributed by atoms with E-state index in [-0.39, 0.29) is 10.9 Å². The highest BCUT2D eigenvalue weighted by Gasteiger charge is 2.21. The molecule has 1 aromatic carbocycles. The molecule has 0 saturated heterocycles. The number of pyridine rings is 1. The molecule has 0 amide bonds. The van der Waals surface area contributed by atoms with Crippen molar-refractivity contribution in [1.29, 1.82) is 0 Å². The number of benzene rings is 1. The number of nitrogens with zero attached hydrogens (tertiary/aromatic N) is 2. The number of nitro benzene ring substituents is 1. The Morgan fingerprint density at radius 1 is 1.47 bits per heavy atom. The van der Waals surface area contributed by atoms with Gasteiger partial charge < -0.3 is 4.74 Å². The number of para-hydroxylation sites is 1. The van der Waals surface area contributed by atoms with Crippen molar-refractivity contribution in [1.82, 2.24) is 4.98 Å². The molecule has 2 aromatic rings. The predicted molar refractivity (Wildman–Crippen MR) is 70.1 cm³/mol. The molecule has 0 atom stereocenters. The van der Waals surface area contributed by atoms with Crippen LogP contribution in [0.25, 0.3) is 0 Å². The fourth-order valence-corrected chi connectivity index (χ4v) is 1.98. The third-order valence-corrected chi connectivity index (χ3v) is 2.82. The van der Waals surface area contributed by atoms with Gasteiger partial charge in [0.2, 0.25) is 11.6 Å². The Hall–Kier alpha value is -1.73. The highest BCUT2D eigenvalue weighted by atomic mass is 79.9. The van der Waals surface area contributed by atoms with Gasteiger partial charge in [-0.2, -0.15) is 0 Å². The predicted octanol–water partition coefficient (Wildman–Crippen LogP) is 4.34. The van der Waals surface area contributed by atoms with Crippen LogP contribution >= 0.6 is 27.5 Å². The van der Waals surface area contributed by atoms with Crippen LogP contribution in [0.5, 0.6) is 11.6 Å². The Balaban J connectivity index is 2.46. The molecule has 5 nitrogen and oxygen atoms in total. The van der Waals surface area contributed by atoms with E-state index in [4.69, 9.17) is 16.3 Å². The second-order valence-corrected chi connectivity index (χ2v) is 4.71. The lowest BCUT2D eigenvalue weighted by atomic mass is 10.3. The molecule has 8 heteroatoms. The minimum absolute atomic E-state index is 0.104. The van der Waals surface area contributed by atoms with Crippen molar-refractivity contribution in [3.8, 4) is 11.6 Å². The summed E-state index contributed by atoms with van der Waals surface area (Å²) in [4.78, 5) is 13.9. The van der Waals surface area contributed by atoms with E-state index in [1.54, 1.807) is 0 Å². The molecule has 0 aliphatic rings. The normalized spacial score (nSPS) is 10.3. The molecule has 2 rings (SSSR count). The standard InChI is InChI=1S/C11H5BrClFN2O3/c12-6-4-7(13)11(15-5-6)19-10-8(14)2-1-3-9(10)16(17)18/h1-5H. The van der Waals surface area contributed by atoms with Crippen molar-refractivity contribution in [2.24, 2.45) is 0 Å². The molecule has 0 bridgehead atoms. The van der Waals surface area contributed by atoms with Crippen molar-refractivity contribution in [3.63, 3.8) is 0 Å². The minimum Gasteiger partial charge on any atom is -0.427 e. The highest BCUT2D eigenvalue weighted by molar-refractivity contribution is 9.10. The summed E-state index contributed by atoms with van der Waals surface area (Å²) in [6.07, 6.45) is 1.38. The SMILES string of the molecule is O=[N+]([O-])c1cccc(F)c1Oc1ncc(Br)cc1Cl. The Kier molecular flexibility index (Phi) is 3.96. The number of hydrogen-bond acceptors (Lipinski definition) is 4. The Morgan fingerprint density at radius 3 is 2.84 bits per heavy atom. The topological polar surface area (TPSA) is 65.3 Å². The number of nitro groups is 1. The zero-order valence-electron chi connectivity index (χ0n) is 9.14. The average molecular weight is 348 g/mol. The largest absolute Gasteiger partial charge is 0.427 e. The summed E-state index contributed by atoms with van der Waals surface area (Å²) in [6.45, 7) is 0. The van der Waals surface area contributed by atoms with Gasteiger partial charge in [0.15, 0.2) is 5.82 Å². The van der Waals surface area contributed by atoms with Crippen molar-refractivity contribution in [2.45, 2.75) is 0 Å². The molecule has 0 N–H and O–H groups in total. The summed E-state index contributed by atoms with van der Waals surface area (Å²) < 4.78 is 19.3. The first kappa shape index (κ1) is 13.7. The lowest BCUT2D eigenvalue weighted by Gasteiger charge is -2.07. The van der Waals surface area contributed by atoms with E-state index >= 15 is 0 Å². The zero-order valence-corrected chi connectivity index (χ0v) is 11.5. The van der Waals surface area contributed by atoms with Gasteiger partial charge >= 0.3 is 5.69 Å². The monoisotopic (exact) mass is 346 g/mol. The van der Waals surface area contributed by atoms with Gasteiger partial charge in [0.1, 0.15) is 5.02 Å². The summed E-state index contributed by atoms with van der Waals surface area (Å²) in [5, 5.41) is 10.9. The molecule has 0 unspecified atom stereocenters. The number of aromatic nitrogens is 1. The maximum atomic E-state index is 13.6. The Morgan fingerprint density at radius 2 is 2.21 bits per heavy atom. The van der Waals surface area contributed by atoms with Gasteiger partial charge in [-0.3, -0.25) is 10.1 Å². The van der Waals surface area contributed by atoms with E-state index in [9.17, 15) is 14.5 Å². The molecule has 0 aliphatic carbocycles. The maximum absolute atomic E-state index is 13.6. The van der Waals surface area contributed by atoms with Crippen molar-refractivity contribution in [3.05, 3.63) is 55.9 Å². The van der Waals surface area contributed by atoms with Crippen LogP contribution < -0.4 is 4.74 Å². The number of rotatable bonds is 3. The van der Waals surface area contributed by atoms with Crippen molar-refractivity contribution in [2.75, 3.05) is 0 Å². The van der Waals surface area contributed by atoms with Gasteiger partial charge in [0.05, 0.1) is 4.92 Å². The summed E-state index contributed by atoms with van der Waals surface area (Å²) in [7, 11) is 0. The highest BCUT2D eigenvalue weighted by Crippen LogP contribution is 2.36. The molecule has 1 aromatic heterocycles. The molecule has 98 valence electrons. The van der Waals surface area contributed by atoms with Crippen LogP contribution in [0.1, 0.15) is 0 Å². The molecule has 19 heavy (non-hydrogen) atoms. The van der Waals surface area contributed by atoms with E-state index in [1.807, 2.05) is 0 Å². The molecule has 0 fully saturated rings. The maximum Gasteiger partial charge on any atom is 0.314 e. The summed E-state index contributed by atoms with van der Waals surface area (Å²) >= 11 is 9.00. The third-order valence-electron chi connectivity index (χ3n) is 2.12. The van der Waals surface area contributed by atoms with Gasteiger partial charge in [-0.1, -0.05) is 17.7 Å². The first-order chi connectivity index (χ1) is 8.99. The zero-order chi connectivity index (χ0) is 14.0. The lowest BCUT2D eigenvalue weighted by molar-refractivity contribution is -0.385. The van der Waals surface area contributed by atoms with E-state index < -0.39 is 22.2 Å². The Labute approximate surface area is 120 Å². The van der Waals surface area contributed by atoms with E-state index in [2.05, 4.69) is 20.9 Å². The van der Waals surface area contributed by atoms with Crippen LogP contribution in [-0.2, 0) is 0 Å². The molecular weight excluding hydrogens is 342 g/mol. The quantitative estimate of drug-likeness (QED) is 0.612. The van der Waals surface area contributed by atoms with Gasteiger partial charge in [-0.05, 0) is 28.1 Å². The van der Waals surface area contributed by atoms with Crippen LogP contribution in [0.3, 0.4) is 0 Å². The van der Waals surface area contributed by atoms with Crippen LogP contribution in [-0.4, -0.2) is 9.91 Å². The van der Waals surface area contributed by atoms with E-state index in [1.165, 1.54) is 18.3 Å². The van der Waals surface area contributed by atoms with Crippen molar-refractivity contribution >= 4 is 33.2 Å². The number of halogens is 3. The fourth-order valence-electron chi connectivity index (χ4n) is 1.32. The van der Waals surface area contributed by atoms with Gasteiger partial charge in [0.25, 0.3) is 0 Å². The fraction of sp³-hybridized carbons (Fsp3) is 0. The molecule has 0 saturated carbocycles. The lowest BCUT2D eigenvalue weighted by Crippen LogP contribution is -1.97. The van der Waals surface area contributed by atoms with Crippen LogP contribution in [0.15, 0.2) is 34.9 Å². The average Bonchev–Trinajstić information content (AvgIpc) is 2.34. The molecule has 0 radical (unpaired) electrons. The molecular formula is C11H5BrClFN2O3. The summed E-state index contributed by atoms with van der Waals surface area (Å²) in [5.74, 6) is -1.50. The minimum atomic E-state index is -0.866. The second-order valence-electron chi connectivity index (χ2n) is 3.39. The van der Waals surface area contributed by atoms with Crippen LogP contribution in [0.2, 0.25) is 5.02 Å². The first-order valence-corrected chi connectivity index (χ1v) is 6.08. The second kappa shape index (κ2) is 5.50. The van der Waals surface area contributed by atoms with Gasteiger partial charge in [-0.15, -0.1) is 0 Å². The van der Waals surface area contributed by atoms with Crippen molar-refractivity contribution < 1.29 is 14.1 Å². The van der Waals surface area contributed by atoms with E-state index in [0.29, 0.717) is 4.47 Å². The molecule has 0 spiro atoms. The van der Waals surface area contributed by atoms with Crippen LogP contribution in [0, 0.1) is 15.9 Å². The van der Waals surface area contributed by atoms with E-state index in [0.717, 1.165) is 12.1 Å². The summed E-state index contributed by atoms with van der Waals surface area (Å²) in [5.41, 5.74) is -0.499. The van der Waals surface area contributed by atoms with Crippen LogP contribution in [0.4, 0.5) is 10.1 Å². The number of ether oxygens (including phenoxy) is 1. The summed E-state index contributed by atoms with van der Waals surface area (Å²) in [6, 6.07) is 4.88. The first-order valence-electron chi connectivity index (χ1n) is 4.91. The molecule has 0 aliphatic heterocycles. The number of hydrogen-bond donors (Lipinski definition) is 0. The smallest absolute Gasteiger partial charge is 0.314 e. The third kappa shape index (κ3) is 2.99. The van der Waals surface area contributed by atoms with Gasteiger partial charge in [0, 0.05) is 16.7 Å². The molecule has 1 heterocycles.